The maximum absolute atomic E-state index is 12.8. The Bertz CT molecular complexity index is 779. The van der Waals surface area contributed by atoms with E-state index in [0.29, 0.717) is 43.5 Å². The van der Waals surface area contributed by atoms with Gasteiger partial charge in [0.15, 0.2) is 0 Å². The van der Waals surface area contributed by atoms with Gasteiger partial charge in [0.25, 0.3) is 0 Å². The second-order valence-electron chi connectivity index (χ2n) is 7.94. The third-order valence-electron chi connectivity index (χ3n) is 5.68. The highest BCUT2D eigenvalue weighted by Gasteiger charge is 2.41. The number of rotatable bonds is 7. The lowest BCUT2D eigenvalue weighted by atomic mass is 9.96. The lowest BCUT2D eigenvalue weighted by Crippen LogP contribution is -2.57. The van der Waals surface area contributed by atoms with Gasteiger partial charge in [-0.05, 0) is 44.7 Å². The molecular weight excluding hydrogens is 435 g/mol. The molecule has 0 bridgehead atoms. The molecule has 3 rings (SSSR count). The van der Waals surface area contributed by atoms with Gasteiger partial charge in [0.2, 0.25) is 15.9 Å². The van der Waals surface area contributed by atoms with E-state index in [-0.39, 0.29) is 42.8 Å². The number of halogens is 2. The molecule has 166 valence electrons. The number of carbonyl (C=O) groups is 1. The molecular formula is C19H32Cl2N4O3S. The van der Waals surface area contributed by atoms with Crippen LogP contribution in [0.3, 0.4) is 0 Å². The van der Waals surface area contributed by atoms with Crippen molar-refractivity contribution in [1.82, 2.24) is 14.5 Å². The first-order valence-electron chi connectivity index (χ1n) is 9.55. The van der Waals surface area contributed by atoms with Crippen molar-refractivity contribution in [1.29, 1.82) is 0 Å². The Morgan fingerprint density at radius 2 is 1.69 bits per heavy atom. The van der Waals surface area contributed by atoms with Crippen molar-refractivity contribution < 1.29 is 13.2 Å². The summed E-state index contributed by atoms with van der Waals surface area (Å²) in [5, 5.41) is 3.09. The van der Waals surface area contributed by atoms with Gasteiger partial charge in [-0.2, -0.15) is 4.31 Å². The van der Waals surface area contributed by atoms with Crippen molar-refractivity contribution in [3.05, 3.63) is 29.8 Å². The number of nitrogens with one attached hydrogen (secondary N) is 1. The Kier molecular flexibility index (Phi) is 9.39. The van der Waals surface area contributed by atoms with E-state index in [2.05, 4.69) is 5.32 Å². The molecule has 1 saturated carbocycles. The van der Waals surface area contributed by atoms with Crippen molar-refractivity contribution in [3.63, 3.8) is 0 Å². The molecule has 10 heteroatoms. The van der Waals surface area contributed by atoms with E-state index in [1.807, 2.05) is 30.9 Å². The molecule has 1 heterocycles. The Morgan fingerprint density at radius 3 is 2.17 bits per heavy atom. The van der Waals surface area contributed by atoms with Crippen LogP contribution >= 0.6 is 24.8 Å². The highest BCUT2D eigenvalue weighted by atomic mass is 35.5. The van der Waals surface area contributed by atoms with Crippen molar-refractivity contribution in [2.45, 2.75) is 37.1 Å². The van der Waals surface area contributed by atoms with E-state index < -0.39 is 10.0 Å². The summed E-state index contributed by atoms with van der Waals surface area (Å²) in [6.07, 6.45) is 2.23. The summed E-state index contributed by atoms with van der Waals surface area (Å²) in [4.78, 5) is 14.7. The number of hydrogen-bond acceptors (Lipinski definition) is 5. The largest absolute Gasteiger partial charge is 0.348 e. The van der Waals surface area contributed by atoms with E-state index in [1.165, 1.54) is 4.31 Å². The van der Waals surface area contributed by atoms with Gasteiger partial charge in [-0.15, -0.1) is 24.8 Å². The summed E-state index contributed by atoms with van der Waals surface area (Å²) in [6.45, 7) is 6.52. The quantitative estimate of drug-likeness (QED) is 0.632. The molecule has 1 aromatic rings. The van der Waals surface area contributed by atoms with Crippen molar-refractivity contribution >= 4 is 40.7 Å². The number of benzene rings is 1. The van der Waals surface area contributed by atoms with Gasteiger partial charge >= 0.3 is 0 Å². The highest BCUT2D eigenvalue weighted by molar-refractivity contribution is 7.89. The minimum Gasteiger partial charge on any atom is -0.348 e. The van der Waals surface area contributed by atoms with E-state index in [0.717, 1.165) is 18.4 Å². The third kappa shape index (κ3) is 6.29. The van der Waals surface area contributed by atoms with E-state index >= 15 is 0 Å². The molecule has 1 saturated heterocycles. The predicted octanol–water partition coefficient (Wildman–Crippen LogP) is 1.39. The molecule has 7 nitrogen and oxygen atoms in total. The predicted molar refractivity (Wildman–Crippen MR) is 119 cm³/mol. The molecule has 2 aliphatic rings. The summed E-state index contributed by atoms with van der Waals surface area (Å²) in [5.41, 5.74) is 6.56. The van der Waals surface area contributed by atoms with Crippen LogP contribution in [0.5, 0.6) is 0 Å². The molecule has 1 amide bonds. The number of nitrogens with zero attached hydrogens (tertiary/aromatic N) is 2. The fourth-order valence-electron chi connectivity index (χ4n) is 3.59. The maximum atomic E-state index is 12.8. The fourth-order valence-corrected chi connectivity index (χ4v) is 5.01. The summed E-state index contributed by atoms with van der Waals surface area (Å²) < 4.78 is 27.0. The molecule has 1 atom stereocenters. The van der Waals surface area contributed by atoms with Gasteiger partial charge in [-0.1, -0.05) is 17.7 Å². The zero-order chi connectivity index (χ0) is 19.7. The van der Waals surface area contributed by atoms with E-state index in [1.54, 1.807) is 12.1 Å². The van der Waals surface area contributed by atoms with Crippen LogP contribution in [0.15, 0.2) is 29.2 Å². The molecule has 2 fully saturated rings. The zero-order valence-electron chi connectivity index (χ0n) is 17.0. The second-order valence-corrected chi connectivity index (χ2v) is 9.88. The Balaban J connectivity index is 0.00000210. The number of amides is 1. The molecule has 0 spiro atoms. The van der Waals surface area contributed by atoms with Crippen LogP contribution in [0.25, 0.3) is 0 Å². The molecule has 29 heavy (non-hydrogen) atoms. The van der Waals surface area contributed by atoms with Crippen molar-refractivity contribution in [2.75, 3.05) is 39.3 Å². The van der Waals surface area contributed by atoms with Gasteiger partial charge < -0.3 is 11.1 Å². The lowest BCUT2D eigenvalue weighted by molar-refractivity contribution is -0.124. The number of piperazine rings is 1. The number of nitrogens with two attached hydrogens (primary N) is 1. The number of sulfonamides is 1. The Labute approximate surface area is 186 Å². The van der Waals surface area contributed by atoms with E-state index in [9.17, 15) is 13.2 Å². The smallest absolute Gasteiger partial charge is 0.243 e. The first-order chi connectivity index (χ1) is 12.7. The topological polar surface area (TPSA) is 95.7 Å². The van der Waals surface area contributed by atoms with Gasteiger partial charge in [0, 0.05) is 32.7 Å². The minimum atomic E-state index is -3.48. The first-order valence-corrected chi connectivity index (χ1v) is 11.0. The van der Waals surface area contributed by atoms with E-state index in [4.69, 9.17) is 5.73 Å². The lowest BCUT2D eigenvalue weighted by Gasteiger charge is -2.35. The van der Waals surface area contributed by atoms with Gasteiger partial charge in [-0.25, -0.2) is 8.42 Å². The summed E-state index contributed by atoms with van der Waals surface area (Å²) in [7, 11) is -3.48. The minimum absolute atomic E-state index is 0. The number of carbonyl (C=O) groups excluding carboxylic acids is 1. The fraction of sp³-hybridized carbons (Fsp3) is 0.632. The van der Waals surface area contributed by atoms with Crippen molar-refractivity contribution in [2.24, 2.45) is 11.7 Å². The summed E-state index contributed by atoms with van der Waals surface area (Å²) >= 11 is 0. The molecule has 0 radical (unpaired) electrons. The monoisotopic (exact) mass is 466 g/mol. The number of hydrogen-bond donors (Lipinski definition) is 2. The molecule has 1 aliphatic heterocycles. The van der Waals surface area contributed by atoms with Crippen LogP contribution in [0, 0.1) is 12.8 Å². The summed E-state index contributed by atoms with van der Waals surface area (Å²) in [6, 6.07) is 6.91. The number of aryl methyl sites for hydroxylation is 1. The van der Waals surface area contributed by atoms with Gasteiger partial charge in [0.1, 0.15) is 0 Å². The van der Waals surface area contributed by atoms with Crippen molar-refractivity contribution in [3.8, 4) is 0 Å². The van der Waals surface area contributed by atoms with Crippen LogP contribution < -0.4 is 11.1 Å². The standard InChI is InChI=1S/C19H30N4O3S.2ClH/c1-15-3-7-17(8-4-15)27(25,26)23-11-9-22(10-12-23)13-18(24)21-19(2,14-20)16-5-6-16;;/h3-4,7-8,16H,5-6,9-14,20H2,1-2H3,(H,21,24);2*1H. The maximum Gasteiger partial charge on any atom is 0.243 e. The second kappa shape index (κ2) is 10.4. The van der Waals surface area contributed by atoms with Gasteiger partial charge in [-0.3, -0.25) is 9.69 Å². The van der Waals surface area contributed by atoms with Crippen LogP contribution in [-0.2, 0) is 14.8 Å². The normalized spacial score (nSPS) is 20.1. The van der Waals surface area contributed by atoms with Gasteiger partial charge in [0.05, 0.1) is 17.0 Å². The zero-order valence-corrected chi connectivity index (χ0v) is 19.4. The van der Waals surface area contributed by atoms with Crippen LogP contribution in [-0.4, -0.2) is 68.3 Å². The van der Waals surface area contributed by atoms with Crippen LogP contribution in [0.2, 0.25) is 0 Å². The average Bonchev–Trinajstić information content (AvgIpc) is 3.48. The Hall–Kier alpha value is -0.900. The molecule has 3 N–H and O–H groups in total. The Morgan fingerprint density at radius 1 is 1.14 bits per heavy atom. The van der Waals surface area contributed by atoms with Crippen LogP contribution in [0.4, 0.5) is 0 Å². The molecule has 1 unspecified atom stereocenters. The SMILES string of the molecule is Cc1ccc(S(=O)(=O)N2CCN(CC(=O)NC(C)(CN)C3CC3)CC2)cc1.Cl.Cl. The molecule has 1 aliphatic carbocycles. The molecule has 1 aromatic carbocycles. The summed E-state index contributed by atoms with van der Waals surface area (Å²) in [5.74, 6) is 0.438. The van der Waals surface area contributed by atoms with Crippen LogP contribution in [0.1, 0.15) is 25.3 Å². The third-order valence-corrected chi connectivity index (χ3v) is 7.60. The highest BCUT2D eigenvalue weighted by Crippen LogP contribution is 2.38. The molecule has 0 aromatic heterocycles. The average molecular weight is 467 g/mol. The first kappa shape index (κ1) is 26.1.